The first-order valence-electron chi connectivity index (χ1n) is 6.62. The van der Waals surface area contributed by atoms with Gasteiger partial charge in [-0.15, -0.1) is 0 Å². The number of hydrogen-bond donors (Lipinski definition) is 0. The third-order valence-electron chi connectivity index (χ3n) is 3.11. The van der Waals surface area contributed by atoms with Crippen LogP contribution < -0.4 is 4.74 Å². The van der Waals surface area contributed by atoms with Crippen molar-refractivity contribution in [2.24, 2.45) is 0 Å². The molecule has 0 saturated carbocycles. The molecule has 0 N–H and O–H groups in total. The molecule has 0 bridgehead atoms. The van der Waals surface area contributed by atoms with Crippen LogP contribution in [0.2, 0.25) is 0 Å². The van der Waals surface area contributed by atoms with Gasteiger partial charge in [-0.05, 0) is 39.7 Å². The molecule has 1 amide bonds. The minimum absolute atomic E-state index is 0.115. The summed E-state index contributed by atoms with van der Waals surface area (Å²) in [7, 11) is 2.90. The second-order valence-corrected chi connectivity index (χ2v) is 7.08. The maximum Gasteiger partial charge on any atom is 0.307 e. The van der Waals surface area contributed by atoms with Gasteiger partial charge in [0.2, 0.25) is 0 Å². The third kappa shape index (κ3) is 4.33. The van der Waals surface area contributed by atoms with E-state index in [-0.39, 0.29) is 24.8 Å². The van der Waals surface area contributed by atoms with Crippen molar-refractivity contribution in [2.45, 2.75) is 6.42 Å². The van der Waals surface area contributed by atoms with Crippen LogP contribution in [0.3, 0.4) is 0 Å². The first-order valence-corrected chi connectivity index (χ1v) is 8.63. The highest BCUT2D eigenvalue weighted by atomic mass is 79.9. The summed E-state index contributed by atoms with van der Waals surface area (Å²) in [4.78, 5) is 25.5. The zero-order valence-electron chi connectivity index (χ0n) is 12.5. The van der Waals surface area contributed by atoms with Crippen LogP contribution in [-0.2, 0) is 14.3 Å². The van der Waals surface area contributed by atoms with E-state index >= 15 is 0 Å². The molecule has 1 aromatic rings. The topological polar surface area (TPSA) is 55.8 Å². The van der Waals surface area contributed by atoms with Crippen LogP contribution in [0.1, 0.15) is 12.0 Å². The Hall–Kier alpha value is -1.38. The fourth-order valence-corrected chi connectivity index (χ4v) is 3.79. The van der Waals surface area contributed by atoms with E-state index in [1.165, 1.54) is 23.8 Å². The Morgan fingerprint density at radius 2 is 2.17 bits per heavy atom. The number of esters is 1. The number of amides is 1. The number of ether oxygens (including phenoxy) is 2. The van der Waals surface area contributed by atoms with Crippen molar-refractivity contribution in [3.63, 3.8) is 0 Å². The van der Waals surface area contributed by atoms with Crippen LogP contribution >= 0.6 is 39.9 Å². The van der Waals surface area contributed by atoms with E-state index in [0.717, 1.165) is 10.0 Å². The lowest BCUT2D eigenvalue weighted by atomic mass is 10.2. The van der Waals surface area contributed by atoms with Crippen molar-refractivity contribution in [3.05, 3.63) is 33.1 Å². The molecule has 1 heterocycles. The maximum atomic E-state index is 12.4. The van der Waals surface area contributed by atoms with Gasteiger partial charge >= 0.3 is 5.97 Å². The van der Waals surface area contributed by atoms with E-state index in [1.807, 2.05) is 18.2 Å². The molecular weight excluding hydrogens is 402 g/mol. The molecule has 0 aliphatic carbocycles. The van der Waals surface area contributed by atoms with E-state index < -0.39 is 0 Å². The second kappa shape index (κ2) is 7.94. The molecule has 1 aliphatic heterocycles. The molecular formula is C15H14BrNO4S2. The highest BCUT2D eigenvalue weighted by Crippen LogP contribution is 2.34. The third-order valence-corrected chi connectivity index (χ3v) is 5.11. The van der Waals surface area contributed by atoms with E-state index in [0.29, 0.717) is 15.0 Å². The molecule has 5 nitrogen and oxygen atoms in total. The fourth-order valence-electron chi connectivity index (χ4n) is 1.92. The van der Waals surface area contributed by atoms with Crippen molar-refractivity contribution in [3.8, 4) is 5.75 Å². The Labute approximate surface area is 152 Å². The number of carbonyl (C=O) groups is 2. The molecule has 0 aromatic heterocycles. The average molecular weight is 416 g/mol. The lowest BCUT2D eigenvalue weighted by Gasteiger charge is -2.12. The predicted molar refractivity (Wildman–Crippen MR) is 97.2 cm³/mol. The van der Waals surface area contributed by atoms with Crippen LogP contribution in [-0.4, -0.2) is 41.9 Å². The molecule has 2 rings (SSSR count). The summed E-state index contributed by atoms with van der Waals surface area (Å²) >= 11 is 9.84. The van der Waals surface area contributed by atoms with Gasteiger partial charge in [0.05, 0.1) is 30.0 Å². The lowest BCUT2D eigenvalue weighted by molar-refractivity contribution is -0.140. The zero-order chi connectivity index (χ0) is 17.0. The zero-order valence-corrected chi connectivity index (χ0v) is 15.7. The van der Waals surface area contributed by atoms with Gasteiger partial charge in [0, 0.05) is 6.54 Å². The molecule has 1 aromatic carbocycles. The smallest absolute Gasteiger partial charge is 0.307 e. The molecule has 122 valence electrons. The van der Waals surface area contributed by atoms with Gasteiger partial charge in [-0.3, -0.25) is 14.5 Å². The number of nitrogens with zero attached hydrogens (tertiary/aromatic N) is 1. The van der Waals surface area contributed by atoms with Gasteiger partial charge in [0.15, 0.2) is 0 Å². The van der Waals surface area contributed by atoms with Crippen molar-refractivity contribution >= 4 is 62.2 Å². The van der Waals surface area contributed by atoms with E-state index in [1.54, 1.807) is 13.2 Å². The van der Waals surface area contributed by atoms with E-state index in [4.69, 9.17) is 17.0 Å². The van der Waals surface area contributed by atoms with Crippen LogP contribution in [0.4, 0.5) is 0 Å². The minimum atomic E-state index is -0.373. The first kappa shape index (κ1) is 18.0. The molecule has 0 radical (unpaired) electrons. The summed E-state index contributed by atoms with van der Waals surface area (Å²) in [5.74, 6) is 0.144. The molecule has 1 fully saturated rings. The summed E-state index contributed by atoms with van der Waals surface area (Å²) in [5, 5.41) is 0. The number of thiocarbonyl (C=S) groups is 1. The monoisotopic (exact) mass is 415 g/mol. The quantitative estimate of drug-likeness (QED) is 0.418. The molecule has 0 spiro atoms. The molecule has 23 heavy (non-hydrogen) atoms. The predicted octanol–water partition coefficient (Wildman–Crippen LogP) is 3.22. The van der Waals surface area contributed by atoms with Crippen LogP contribution in [0.5, 0.6) is 5.75 Å². The van der Waals surface area contributed by atoms with Gasteiger partial charge in [0.1, 0.15) is 10.1 Å². The van der Waals surface area contributed by atoms with Crippen LogP contribution in [0.15, 0.2) is 27.6 Å². The Kier molecular flexibility index (Phi) is 6.20. The fraction of sp³-hybridized carbons (Fsp3) is 0.267. The Balaban J connectivity index is 2.15. The van der Waals surface area contributed by atoms with Crippen molar-refractivity contribution in [1.29, 1.82) is 0 Å². The number of halogens is 1. The number of rotatable bonds is 5. The summed E-state index contributed by atoms with van der Waals surface area (Å²) < 4.78 is 11.0. The number of hydrogen-bond acceptors (Lipinski definition) is 6. The number of methoxy groups -OCH3 is 2. The maximum absolute atomic E-state index is 12.4. The minimum Gasteiger partial charge on any atom is -0.496 e. The lowest BCUT2D eigenvalue weighted by Crippen LogP contribution is -2.30. The molecule has 0 atom stereocenters. The Morgan fingerprint density at radius 3 is 2.78 bits per heavy atom. The Bertz CT molecular complexity index is 690. The van der Waals surface area contributed by atoms with E-state index in [2.05, 4.69) is 20.7 Å². The molecule has 0 unspecified atom stereocenters. The van der Waals surface area contributed by atoms with Crippen molar-refractivity contribution in [2.75, 3.05) is 20.8 Å². The van der Waals surface area contributed by atoms with Crippen LogP contribution in [0, 0.1) is 0 Å². The van der Waals surface area contributed by atoms with Gasteiger partial charge in [-0.25, -0.2) is 0 Å². The second-order valence-electron chi connectivity index (χ2n) is 4.55. The molecule has 8 heteroatoms. The highest BCUT2D eigenvalue weighted by molar-refractivity contribution is 9.10. The average Bonchev–Trinajstić information content (AvgIpc) is 2.79. The van der Waals surface area contributed by atoms with Crippen molar-refractivity contribution < 1.29 is 19.1 Å². The van der Waals surface area contributed by atoms with E-state index in [9.17, 15) is 9.59 Å². The largest absolute Gasteiger partial charge is 0.496 e. The summed E-state index contributed by atoms with van der Waals surface area (Å²) in [5.41, 5.74) is 0.853. The summed E-state index contributed by atoms with van der Waals surface area (Å²) in [6.45, 7) is 0.223. The van der Waals surface area contributed by atoms with Gasteiger partial charge in [-0.2, -0.15) is 0 Å². The van der Waals surface area contributed by atoms with Crippen molar-refractivity contribution in [1.82, 2.24) is 4.90 Å². The highest BCUT2D eigenvalue weighted by Gasteiger charge is 2.32. The molecule has 1 aliphatic rings. The van der Waals surface area contributed by atoms with Gasteiger partial charge in [0.25, 0.3) is 5.91 Å². The number of benzene rings is 1. The first-order chi connectivity index (χ1) is 11.0. The summed E-state index contributed by atoms with van der Waals surface area (Å²) in [6.07, 6.45) is 1.88. The standard InChI is InChI=1S/C15H14BrNO4S2/c1-20-11-4-3-9(7-10(11)16)8-12-14(19)17(15(22)23-12)6-5-13(18)21-2/h3-4,7-8H,5-6H2,1-2H3. The van der Waals surface area contributed by atoms with Gasteiger partial charge < -0.3 is 9.47 Å². The number of carbonyl (C=O) groups excluding carboxylic acids is 2. The van der Waals surface area contributed by atoms with Crippen LogP contribution in [0.25, 0.3) is 6.08 Å². The SMILES string of the molecule is COC(=O)CCN1C(=O)C(=Cc2ccc(OC)c(Br)c2)SC1=S. The Morgan fingerprint density at radius 1 is 1.43 bits per heavy atom. The van der Waals surface area contributed by atoms with Gasteiger partial charge in [-0.1, -0.05) is 30.0 Å². The normalized spacial score (nSPS) is 16.1. The summed E-state index contributed by atoms with van der Waals surface area (Å²) in [6, 6.07) is 5.53. The number of thioether (sulfide) groups is 1. The molecule has 1 saturated heterocycles.